The largest absolute Gasteiger partial charge is 0.345 e. The van der Waals surface area contributed by atoms with Gasteiger partial charge in [0.25, 0.3) is 0 Å². The van der Waals surface area contributed by atoms with Crippen LogP contribution in [0.25, 0.3) is 5.69 Å². The third-order valence-electron chi connectivity index (χ3n) is 4.29. The SMILES string of the molecule is Cn1nc2n(c1=O)CC(c1ncnn1-c1ccc(F)c(Cl)c1)CC2. The van der Waals surface area contributed by atoms with Crippen molar-refractivity contribution >= 4 is 11.6 Å². The number of hydrogen-bond donors (Lipinski definition) is 0. The molecule has 3 aromatic rings. The number of aromatic nitrogens is 6. The molecule has 0 fully saturated rings. The van der Waals surface area contributed by atoms with Crippen LogP contribution in [-0.2, 0) is 20.0 Å². The van der Waals surface area contributed by atoms with E-state index in [1.165, 1.54) is 23.1 Å². The highest BCUT2D eigenvalue weighted by atomic mass is 35.5. The maximum Gasteiger partial charge on any atom is 0.345 e. The molecule has 3 heterocycles. The summed E-state index contributed by atoms with van der Waals surface area (Å²) >= 11 is 5.87. The average Bonchev–Trinajstić information content (AvgIpc) is 3.16. The molecule has 0 saturated carbocycles. The van der Waals surface area contributed by atoms with Crippen LogP contribution in [0.4, 0.5) is 4.39 Å². The minimum absolute atomic E-state index is 0.0192. The van der Waals surface area contributed by atoms with Gasteiger partial charge in [-0.3, -0.25) is 4.57 Å². The second kappa shape index (κ2) is 5.55. The highest BCUT2D eigenvalue weighted by Crippen LogP contribution is 2.28. The molecule has 0 amide bonds. The van der Waals surface area contributed by atoms with Crippen LogP contribution >= 0.6 is 11.6 Å². The number of halogens is 2. The molecule has 24 heavy (non-hydrogen) atoms. The molecule has 0 bridgehead atoms. The summed E-state index contributed by atoms with van der Waals surface area (Å²) in [6, 6.07) is 4.41. The van der Waals surface area contributed by atoms with Crippen molar-refractivity contribution < 1.29 is 4.39 Å². The molecule has 7 nitrogen and oxygen atoms in total. The molecule has 9 heteroatoms. The summed E-state index contributed by atoms with van der Waals surface area (Å²) in [5, 5.41) is 8.50. The standard InChI is InChI=1S/C15H14ClFN6O/c1-21-15(24)22-7-9(2-5-13(22)20-21)14-18-8-19-23(14)10-3-4-12(17)11(16)6-10/h3-4,6,8-9H,2,5,7H2,1H3. The molecule has 0 aliphatic carbocycles. The van der Waals surface area contributed by atoms with E-state index in [-0.39, 0.29) is 16.6 Å². The molecule has 124 valence electrons. The van der Waals surface area contributed by atoms with Crippen LogP contribution in [0.1, 0.15) is 24.0 Å². The number of hydrogen-bond acceptors (Lipinski definition) is 4. The van der Waals surface area contributed by atoms with Crippen molar-refractivity contribution in [3.8, 4) is 5.69 Å². The molecule has 0 spiro atoms. The van der Waals surface area contributed by atoms with Crippen LogP contribution in [0.5, 0.6) is 0 Å². The topological polar surface area (TPSA) is 70.5 Å². The lowest BCUT2D eigenvalue weighted by Gasteiger charge is -2.22. The van der Waals surface area contributed by atoms with Crippen molar-refractivity contribution in [2.24, 2.45) is 7.05 Å². The Morgan fingerprint density at radius 2 is 2.21 bits per heavy atom. The van der Waals surface area contributed by atoms with Gasteiger partial charge in [-0.25, -0.2) is 23.5 Å². The zero-order chi connectivity index (χ0) is 16.8. The molecule has 2 aromatic heterocycles. The summed E-state index contributed by atoms with van der Waals surface area (Å²) in [5.74, 6) is 1.05. The summed E-state index contributed by atoms with van der Waals surface area (Å²) < 4.78 is 18.0. The lowest BCUT2D eigenvalue weighted by molar-refractivity contribution is 0.426. The summed E-state index contributed by atoms with van der Waals surface area (Å²) in [7, 11) is 1.64. The fraction of sp³-hybridized carbons (Fsp3) is 0.333. The third kappa shape index (κ3) is 2.34. The van der Waals surface area contributed by atoms with Crippen LogP contribution in [0.3, 0.4) is 0 Å². The summed E-state index contributed by atoms with van der Waals surface area (Å²) in [6.45, 7) is 0.496. The van der Waals surface area contributed by atoms with Crippen molar-refractivity contribution in [2.45, 2.75) is 25.3 Å². The fourth-order valence-corrected chi connectivity index (χ4v) is 3.27. The first-order chi connectivity index (χ1) is 11.5. The monoisotopic (exact) mass is 348 g/mol. The van der Waals surface area contributed by atoms with E-state index in [4.69, 9.17) is 11.6 Å². The predicted octanol–water partition coefficient (Wildman–Crippen LogP) is 1.68. The van der Waals surface area contributed by atoms with E-state index in [0.29, 0.717) is 18.7 Å². The Balaban J connectivity index is 1.72. The van der Waals surface area contributed by atoms with Gasteiger partial charge in [0.15, 0.2) is 0 Å². The fourth-order valence-electron chi connectivity index (χ4n) is 3.09. The van der Waals surface area contributed by atoms with Crippen molar-refractivity contribution in [3.63, 3.8) is 0 Å². The summed E-state index contributed by atoms with van der Waals surface area (Å²) in [4.78, 5) is 16.5. The van der Waals surface area contributed by atoms with Crippen LogP contribution in [0, 0.1) is 5.82 Å². The second-order valence-electron chi connectivity index (χ2n) is 5.80. The molecular weight excluding hydrogens is 335 g/mol. The number of rotatable bonds is 2. The van der Waals surface area contributed by atoms with E-state index in [1.54, 1.807) is 22.4 Å². The molecule has 1 aromatic carbocycles. The highest BCUT2D eigenvalue weighted by molar-refractivity contribution is 6.30. The van der Waals surface area contributed by atoms with Gasteiger partial charge >= 0.3 is 5.69 Å². The zero-order valence-electron chi connectivity index (χ0n) is 12.9. The minimum atomic E-state index is -0.480. The number of benzene rings is 1. The van der Waals surface area contributed by atoms with Gasteiger partial charge in [-0.1, -0.05) is 11.6 Å². The number of fused-ring (bicyclic) bond motifs is 1. The molecule has 1 atom stereocenters. The Hall–Kier alpha value is -2.48. The summed E-state index contributed by atoms with van der Waals surface area (Å²) in [6.07, 6.45) is 2.95. The highest BCUT2D eigenvalue weighted by Gasteiger charge is 2.27. The van der Waals surface area contributed by atoms with E-state index in [2.05, 4.69) is 15.2 Å². The Labute approximate surface area is 141 Å². The molecule has 1 aliphatic rings. The smallest absolute Gasteiger partial charge is 0.278 e. The lowest BCUT2D eigenvalue weighted by atomic mass is 9.98. The number of aryl methyl sites for hydroxylation is 2. The van der Waals surface area contributed by atoms with E-state index in [0.717, 1.165) is 18.1 Å². The van der Waals surface area contributed by atoms with Gasteiger partial charge in [-0.05, 0) is 24.6 Å². The van der Waals surface area contributed by atoms with Crippen molar-refractivity contribution in [1.29, 1.82) is 0 Å². The molecule has 1 unspecified atom stereocenters. The Morgan fingerprint density at radius 1 is 1.38 bits per heavy atom. The molecule has 1 aliphatic heterocycles. The van der Waals surface area contributed by atoms with E-state index >= 15 is 0 Å². The van der Waals surface area contributed by atoms with Gasteiger partial charge in [-0.15, -0.1) is 0 Å². The van der Waals surface area contributed by atoms with Crippen molar-refractivity contribution in [2.75, 3.05) is 0 Å². The van der Waals surface area contributed by atoms with Gasteiger partial charge in [0.05, 0.1) is 10.7 Å². The number of nitrogens with zero attached hydrogens (tertiary/aromatic N) is 6. The van der Waals surface area contributed by atoms with Crippen LogP contribution in [-0.4, -0.2) is 29.1 Å². The third-order valence-corrected chi connectivity index (χ3v) is 4.58. The molecule has 0 radical (unpaired) electrons. The van der Waals surface area contributed by atoms with Crippen LogP contribution in [0.15, 0.2) is 29.3 Å². The Morgan fingerprint density at radius 3 is 3.00 bits per heavy atom. The van der Waals surface area contributed by atoms with E-state index in [9.17, 15) is 9.18 Å². The van der Waals surface area contributed by atoms with Crippen molar-refractivity contribution in [3.05, 3.63) is 57.5 Å². The molecule has 0 N–H and O–H groups in total. The Kier molecular flexibility index (Phi) is 3.49. The van der Waals surface area contributed by atoms with E-state index in [1.807, 2.05) is 0 Å². The maximum absolute atomic E-state index is 13.4. The molecule has 4 rings (SSSR count). The second-order valence-corrected chi connectivity index (χ2v) is 6.20. The first-order valence-electron chi connectivity index (χ1n) is 7.52. The van der Waals surface area contributed by atoms with Gasteiger partial charge in [0.2, 0.25) is 0 Å². The summed E-state index contributed by atoms with van der Waals surface area (Å²) in [5.41, 5.74) is 0.504. The zero-order valence-corrected chi connectivity index (χ0v) is 13.6. The predicted molar refractivity (Wildman–Crippen MR) is 84.9 cm³/mol. The Bertz CT molecular complexity index is 975. The molecule has 0 saturated heterocycles. The van der Waals surface area contributed by atoms with E-state index < -0.39 is 5.82 Å². The lowest BCUT2D eigenvalue weighted by Crippen LogP contribution is -2.30. The van der Waals surface area contributed by atoms with Gasteiger partial charge in [-0.2, -0.15) is 10.2 Å². The van der Waals surface area contributed by atoms with Gasteiger partial charge < -0.3 is 0 Å². The van der Waals surface area contributed by atoms with Crippen molar-refractivity contribution in [1.82, 2.24) is 29.1 Å². The first-order valence-corrected chi connectivity index (χ1v) is 7.90. The van der Waals surface area contributed by atoms with Crippen LogP contribution < -0.4 is 5.69 Å². The normalized spacial score (nSPS) is 17.0. The molecular formula is C15H14ClFN6O. The average molecular weight is 349 g/mol. The van der Waals surface area contributed by atoms with Crippen LogP contribution in [0.2, 0.25) is 5.02 Å². The first kappa shape index (κ1) is 15.1. The minimum Gasteiger partial charge on any atom is -0.278 e. The quantitative estimate of drug-likeness (QED) is 0.706. The van der Waals surface area contributed by atoms with Gasteiger partial charge in [0.1, 0.15) is 23.8 Å². The van der Waals surface area contributed by atoms with Gasteiger partial charge in [0, 0.05) is 25.9 Å². The maximum atomic E-state index is 13.4.